The van der Waals surface area contributed by atoms with E-state index in [1.165, 1.54) is 0 Å². The lowest BCUT2D eigenvalue weighted by molar-refractivity contribution is -0.167. The molecular formula is C30H24ClF2N3O4. The lowest BCUT2D eigenvalue weighted by Crippen LogP contribution is -2.42. The van der Waals surface area contributed by atoms with Gasteiger partial charge < -0.3 is 10.1 Å². The molecule has 0 fully saturated rings. The van der Waals surface area contributed by atoms with Gasteiger partial charge in [0.25, 0.3) is 5.56 Å². The van der Waals surface area contributed by atoms with Gasteiger partial charge in [-0.05, 0) is 49.2 Å². The number of aromatic amines is 1. The number of rotatable bonds is 6. The van der Waals surface area contributed by atoms with Gasteiger partial charge in [-0.15, -0.1) is 0 Å². The summed E-state index contributed by atoms with van der Waals surface area (Å²) in [4.78, 5) is 40.6. The molecule has 2 N–H and O–H groups in total. The third-order valence-corrected chi connectivity index (χ3v) is 7.11. The van der Waals surface area contributed by atoms with Crippen LogP contribution < -0.4 is 5.56 Å². The number of halogens is 3. The molecule has 1 unspecified atom stereocenters. The Kier molecular flexibility index (Phi) is 7.01. The van der Waals surface area contributed by atoms with Gasteiger partial charge in [-0.3, -0.25) is 14.4 Å². The number of fused-ring (bicyclic) bond motifs is 1. The Morgan fingerprint density at radius 3 is 2.33 bits per heavy atom. The fourth-order valence-corrected chi connectivity index (χ4v) is 5.05. The number of H-pyrrole nitrogens is 1. The highest BCUT2D eigenvalue weighted by Crippen LogP contribution is 2.39. The predicted molar refractivity (Wildman–Crippen MR) is 149 cm³/mol. The summed E-state index contributed by atoms with van der Waals surface area (Å²) in [6.45, 7) is 3.76. The molecule has 0 bridgehead atoms. The number of hydrogen-bond acceptors (Lipinski definition) is 4. The van der Waals surface area contributed by atoms with Gasteiger partial charge in [0.2, 0.25) is 0 Å². The Balaban J connectivity index is 1.74. The number of hydrogen-bond donors (Lipinski definition) is 2. The van der Waals surface area contributed by atoms with Gasteiger partial charge in [0.15, 0.2) is 0 Å². The van der Waals surface area contributed by atoms with Gasteiger partial charge in [0.05, 0.1) is 17.3 Å². The van der Waals surface area contributed by atoms with Crippen LogP contribution >= 0.6 is 11.6 Å². The van der Waals surface area contributed by atoms with E-state index in [2.05, 4.69) is 10.1 Å². The maximum atomic E-state index is 14.8. The average molecular weight is 564 g/mol. The molecule has 1 atom stereocenters. The number of nitrogens with zero attached hydrogens (tertiary/aromatic N) is 2. The van der Waals surface area contributed by atoms with Crippen molar-refractivity contribution in [3.05, 3.63) is 104 Å². The smallest absolute Gasteiger partial charge is 0.337 e. The summed E-state index contributed by atoms with van der Waals surface area (Å²) in [6.07, 6.45) is -1.72. The van der Waals surface area contributed by atoms with Crippen LogP contribution in [0.2, 0.25) is 5.02 Å². The van der Waals surface area contributed by atoms with Crippen molar-refractivity contribution in [1.82, 2.24) is 9.99 Å². The van der Waals surface area contributed by atoms with Crippen molar-refractivity contribution >= 4 is 40.1 Å². The van der Waals surface area contributed by atoms with E-state index in [-0.39, 0.29) is 17.7 Å². The van der Waals surface area contributed by atoms with Crippen LogP contribution in [-0.4, -0.2) is 38.6 Å². The number of alkyl halides is 2. The number of amides is 1. The molecule has 1 amide bonds. The molecule has 1 aliphatic heterocycles. The predicted octanol–water partition coefficient (Wildman–Crippen LogP) is 6.25. The average Bonchev–Trinajstić information content (AvgIpc) is 3.32. The normalized spacial score (nSPS) is 15.4. The molecule has 0 spiro atoms. The molecule has 4 aromatic rings. The Morgan fingerprint density at radius 2 is 1.68 bits per heavy atom. The maximum Gasteiger partial charge on any atom is 0.337 e. The lowest BCUT2D eigenvalue weighted by atomic mass is 9.90. The summed E-state index contributed by atoms with van der Waals surface area (Å²) in [5, 5.41) is 15.1. The molecule has 0 saturated carbocycles. The van der Waals surface area contributed by atoms with Crippen molar-refractivity contribution < 1.29 is 23.5 Å². The summed E-state index contributed by atoms with van der Waals surface area (Å²) < 4.78 is 29.6. The highest BCUT2D eigenvalue weighted by molar-refractivity contribution is 6.30. The molecule has 1 aliphatic rings. The first-order valence-electron chi connectivity index (χ1n) is 12.4. The van der Waals surface area contributed by atoms with E-state index in [0.717, 1.165) is 11.1 Å². The van der Waals surface area contributed by atoms with Crippen LogP contribution in [0.1, 0.15) is 41.1 Å². The van der Waals surface area contributed by atoms with Gasteiger partial charge in [-0.1, -0.05) is 65.2 Å². The minimum Gasteiger partial charge on any atom is -0.481 e. The van der Waals surface area contributed by atoms with Crippen LogP contribution in [-0.2, 0) is 9.59 Å². The van der Waals surface area contributed by atoms with E-state index in [0.29, 0.717) is 37.6 Å². The highest BCUT2D eigenvalue weighted by Gasteiger charge is 2.49. The second-order valence-corrected chi connectivity index (χ2v) is 10.3. The van der Waals surface area contributed by atoms with Crippen LogP contribution in [0.3, 0.4) is 0 Å². The molecule has 10 heteroatoms. The highest BCUT2D eigenvalue weighted by atomic mass is 35.5. The zero-order valence-corrected chi connectivity index (χ0v) is 22.3. The van der Waals surface area contributed by atoms with E-state index < -0.39 is 35.8 Å². The van der Waals surface area contributed by atoms with Crippen molar-refractivity contribution in [3.8, 4) is 11.1 Å². The fourth-order valence-electron chi connectivity index (χ4n) is 4.93. The molecule has 40 heavy (non-hydrogen) atoms. The molecule has 204 valence electrons. The van der Waals surface area contributed by atoms with Crippen LogP contribution in [0, 0.1) is 13.8 Å². The largest absolute Gasteiger partial charge is 0.481 e. The number of nitrogens with one attached hydrogen (secondary N) is 1. The molecule has 2 heterocycles. The number of hydrazone groups is 1. The number of carbonyl (C=O) groups is 2. The van der Waals surface area contributed by atoms with Crippen LogP contribution in [0.5, 0.6) is 0 Å². The molecule has 7 nitrogen and oxygen atoms in total. The molecule has 0 saturated heterocycles. The van der Waals surface area contributed by atoms with Crippen LogP contribution in [0.15, 0.2) is 76.6 Å². The first-order chi connectivity index (χ1) is 18.9. The number of carbonyl (C=O) groups excluding carboxylic acids is 1. The van der Waals surface area contributed by atoms with Crippen molar-refractivity contribution in [2.24, 2.45) is 5.10 Å². The summed E-state index contributed by atoms with van der Waals surface area (Å²) in [5.41, 5.74) is 3.86. The molecule has 0 aliphatic carbocycles. The topological polar surface area (TPSA) is 103 Å². The number of aryl methyl sites for hydroxylation is 2. The molecule has 0 radical (unpaired) electrons. The summed E-state index contributed by atoms with van der Waals surface area (Å²) in [5.74, 6) is -7.78. The Hall–Kier alpha value is -4.37. The van der Waals surface area contributed by atoms with Gasteiger partial charge in [0, 0.05) is 27.9 Å². The number of carboxylic acids is 1. The van der Waals surface area contributed by atoms with Crippen molar-refractivity contribution in [2.75, 3.05) is 0 Å². The molecule has 5 rings (SSSR count). The third kappa shape index (κ3) is 5.12. The quantitative estimate of drug-likeness (QED) is 0.289. The summed E-state index contributed by atoms with van der Waals surface area (Å²) in [6, 6.07) is 18.4. The third-order valence-electron chi connectivity index (χ3n) is 6.86. The van der Waals surface area contributed by atoms with E-state index in [4.69, 9.17) is 16.7 Å². The van der Waals surface area contributed by atoms with Crippen molar-refractivity contribution in [1.29, 1.82) is 0 Å². The van der Waals surface area contributed by atoms with E-state index in [1.807, 2.05) is 26.0 Å². The number of benzene rings is 3. The van der Waals surface area contributed by atoms with Crippen LogP contribution in [0.25, 0.3) is 22.0 Å². The van der Waals surface area contributed by atoms with Crippen molar-refractivity contribution in [2.45, 2.75) is 38.7 Å². The number of carboxylic acid groups (broad SMARTS) is 1. The second-order valence-electron chi connectivity index (χ2n) is 9.86. The van der Waals surface area contributed by atoms with Gasteiger partial charge >= 0.3 is 17.8 Å². The lowest BCUT2D eigenvalue weighted by Gasteiger charge is -2.25. The monoisotopic (exact) mass is 563 g/mol. The number of pyridine rings is 1. The van der Waals surface area contributed by atoms with Gasteiger partial charge in [0.1, 0.15) is 6.42 Å². The van der Waals surface area contributed by atoms with E-state index >= 15 is 0 Å². The summed E-state index contributed by atoms with van der Waals surface area (Å²) in [7, 11) is 0. The number of aromatic nitrogens is 1. The van der Waals surface area contributed by atoms with Crippen molar-refractivity contribution in [3.63, 3.8) is 0 Å². The minimum absolute atomic E-state index is 0.0427. The second kappa shape index (κ2) is 10.3. The minimum atomic E-state index is -4.21. The standard InChI is InChI=1S/C30H24ClF2N3O4/c1-16-3-6-18(7-4-16)24-14-23(35-36(24)29(40)30(32,33)15-25(37)38)27-26(19-8-10-20(31)11-9-19)21-13-17(2)5-12-22(21)34-28(27)39/h3-13,24H,14-15H2,1-2H3,(H,34,39)(H,37,38). The maximum absolute atomic E-state index is 14.8. The SMILES string of the molecule is Cc1ccc(C2CC(c3c(-c4ccc(Cl)cc4)c4cc(C)ccc4[nH]c3=O)=NN2C(=O)C(F)(F)CC(=O)O)cc1. The zero-order valence-electron chi connectivity index (χ0n) is 21.5. The van der Waals surface area contributed by atoms with E-state index in [1.54, 1.807) is 54.6 Å². The summed E-state index contributed by atoms with van der Waals surface area (Å²) >= 11 is 6.12. The Bertz CT molecular complexity index is 1730. The molecule has 1 aromatic heterocycles. The fraction of sp³-hybridized carbons (Fsp3) is 0.200. The molecular weight excluding hydrogens is 540 g/mol. The van der Waals surface area contributed by atoms with Gasteiger partial charge in [-0.25, -0.2) is 5.01 Å². The Labute approximate surface area is 232 Å². The Morgan fingerprint density at radius 1 is 1.02 bits per heavy atom. The zero-order chi connectivity index (χ0) is 28.8. The number of aliphatic carboxylic acids is 1. The van der Waals surface area contributed by atoms with Gasteiger partial charge in [-0.2, -0.15) is 13.9 Å². The van der Waals surface area contributed by atoms with E-state index in [9.17, 15) is 23.2 Å². The molecule has 3 aromatic carbocycles. The van der Waals surface area contributed by atoms with Crippen LogP contribution in [0.4, 0.5) is 8.78 Å². The first kappa shape index (κ1) is 27.2. The first-order valence-corrected chi connectivity index (χ1v) is 12.8.